The molecule has 0 N–H and O–H groups in total. The van der Waals surface area contributed by atoms with E-state index >= 15 is 0 Å². The van der Waals surface area contributed by atoms with Gasteiger partial charge in [-0.15, -0.1) is 11.3 Å². The van der Waals surface area contributed by atoms with Gasteiger partial charge in [0.15, 0.2) is 0 Å². The van der Waals surface area contributed by atoms with Gasteiger partial charge in [0.1, 0.15) is 5.01 Å². The summed E-state index contributed by atoms with van der Waals surface area (Å²) in [5, 5.41) is 9.05. The lowest BCUT2D eigenvalue weighted by molar-refractivity contribution is 0.205. The van der Waals surface area contributed by atoms with Gasteiger partial charge in [0.25, 0.3) is 0 Å². The van der Waals surface area contributed by atoms with Gasteiger partial charge in [-0.05, 0) is 44.0 Å². The molecule has 2 aliphatic rings. The summed E-state index contributed by atoms with van der Waals surface area (Å²) in [7, 11) is 2.25. The normalized spacial score (nSPS) is 28.0. The first kappa shape index (κ1) is 12.8. The van der Waals surface area contributed by atoms with Crippen molar-refractivity contribution in [1.82, 2.24) is 19.7 Å². The van der Waals surface area contributed by atoms with E-state index in [0.717, 1.165) is 17.0 Å². The van der Waals surface area contributed by atoms with Crippen molar-refractivity contribution in [3.05, 3.63) is 36.0 Å². The molecule has 4 nitrogen and oxygen atoms in total. The van der Waals surface area contributed by atoms with Crippen LogP contribution in [0.2, 0.25) is 0 Å². The average molecular weight is 310 g/mol. The van der Waals surface area contributed by atoms with Crippen LogP contribution < -0.4 is 0 Å². The lowest BCUT2D eigenvalue weighted by Crippen LogP contribution is -2.33. The summed E-state index contributed by atoms with van der Waals surface area (Å²) in [5.41, 5.74) is 2.45. The summed E-state index contributed by atoms with van der Waals surface area (Å²) in [6.45, 7) is 1.22. The number of hydrogen-bond acceptors (Lipinski definition) is 4. The monoisotopic (exact) mass is 310 g/mol. The van der Waals surface area contributed by atoms with Gasteiger partial charge >= 0.3 is 0 Å². The first-order valence-electron chi connectivity index (χ1n) is 7.87. The molecule has 1 saturated heterocycles. The lowest BCUT2D eigenvalue weighted by Gasteiger charge is -2.29. The molecule has 3 heterocycles. The van der Waals surface area contributed by atoms with E-state index in [1.54, 1.807) is 11.3 Å². The maximum absolute atomic E-state index is 4.72. The zero-order valence-corrected chi connectivity index (χ0v) is 13.3. The van der Waals surface area contributed by atoms with Crippen LogP contribution in [-0.4, -0.2) is 39.3 Å². The minimum atomic E-state index is 0.574. The third-order valence-corrected chi connectivity index (χ3v) is 6.19. The van der Waals surface area contributed by atoms with Crippen molar-refractivity contribution < 1.29 is 0 Å². The summed E-state index contributed by atoms with van der Waals surface area (Å²) < 4.78 is 2.28. The van der Waals surface area contributed by atoms with Crippen LogP contribution in [0.15, 0.2) is 36.0 Å². The number of fused-ring (bicyclic) bond motifs is 3. The van der Waals surface area contributed by atoms with E-state index in [4.69, 9.17) is 5.10 Å². The van der Waals surface area contributed by atoms with Crippen LogP contribution >= 0.6 is 11.3 Å². The molecule has 3 aromatic rings. The zero-order chi connectivity index (χ0) is 14.7. The molecule has 3 atom stereocenters. The standard InChI is InChI=1S/C17H18N4S/c1-20-10-13-7-14(20)8-16(13)21-15-3-2-11(6-12(15)9-19-21)17-18-4-5-22-17/h2-6,9,13-14,16H,7-8,10H2,1H3. The van der Waals surface area contributed by atoms with Gasteiger partial charge < -0.3 is 4.90 Å². The van der Waals surface area contributed by atoms with Crippen LogP contribution in [0, 0.1) is 5.92 Å². The number of hydrogen-bond donors (Lipinski definition) is 0. The fourth-order valence-electron chi connectivity index (χ4n) is 4.27. The average Bonchev–Trinajstić information content (AvgIpc) is 3.29. The number of piperidine rings is 1. The molecule has 2 bridgehead atoms. The molecule has 22 heavy (non-hydrogen) atoms. The van der Waals surface area contributed by atoms with Crippen LogP contribution in [-0.2, 0) is 0 Å². The number of thiazole rings is 1. The second-order valence-electron chi connectivity index (χ2n) is 6.59. The highest BCUT2D eigenvalue weighted by Gasteiger charge is 2.44. The third-order valence-electron chi connectivity index (χ3n) is 5.37. The van der Waals surface area contributed by atoms with Crippen LogP contribution in [0.5, 0.6) is 0 Å². The molecule has 112 valence electrons. The highest BCUT2D eigenvalue weighted by atomic mass is 32.1. The molecule has 1 aliphatic heterocycles. The van der Waals surface area contributed by atoms with Crippen LogP contribution in [0.4, 0.5) is 0 Å². The molecule has 2 aromatic heterocycles. The SMILES string of the molecule is CN1CC2CC1CC2n1ncc2cc(-c3nccs3)ccc21. The summed E-state index contributed by atoms with van der Waals surface area (Å²) in [4.78, 5) is 6.91. The fraction of sp³-hybridized carbons (Fsp3) is 0.412. The molecule has 0 spiro atoms. The van der Waals surface area contributed by atoms with Gasteiger partial charge in [-0.25, -0.2) is 4.98 Å². The smallest absolute Gasteiger partial charge is 0.123 e. The lowest BCUT2D eigenvalue weighted by atomic mass is 10.0. The largest absolute Gasteiger partial charge is 0.303 e. The summed E-state index contributed by atoms with van der Waals surface area (Å²) in [5.74, 6) is 0.761. The van der Waals surface area contributed by atoms with Crippen LogP contribution in [0.3, 0.4) is 0 Å². The summed E-state index contributed by atoms with van der Waals surface area (Å²) >= 11 is 1.68. The Hall–Kier alpha value is -1.72. The maximum Gasteiger partial charge on any atom is 0.123 e. The van der Waals surface area contributed by atoms with Gasteiger partial charge in [0, 0.05) is 35.1 Å². The molecule has 1 aliphatic carbocycles. The number of rotatable bonds is 2. The fourth-order valence-corrected chi connectivity index (χ4v) is 4.90. The van der Waals surface area contributed by atoms with Crippen LogP contribution in [0.25, 0.3) is 21.5 Å². The Morgan fingerprint density at radius 3 is 2.95 bits per heavy atom. The van der Waals surface area contributed by atoms with Gasteiger partial charge in [-0.3, -0.25) is 4.68 Å². The Kier molecular flexibility index (Phi) is 2.69. The predicted octanol–water partition coefficient (Wildman–Crippen LogP) is 3.42. The zero-order valence-electron chi connectivity index (χ0n) is 12.5. The second-order valence-corrected chi connectivity index (χ2v) is 7.49. The Balaban J connectivity index is 1.54. The molecule has 3 unspecified atom stereocenters. The van der Waals surface area contributed by atoms with E-state index in [9.17, 15) is 0 Å². The van der Waals surface area contributed by atoms with Crippen molar-refractivity contribution in [3.8, 4) is 10.6 Å². The molecule has 1 aromatic carbocycles. The minimum Gasteiger partial charge on any atom is -0.303 e. The van der Waals surface area contributed by atoms with Crippen molar-refractivity contribution in [2.75, 3.05) is 13.6 Å². The van der Waals surface area contributed by atoms with Gasteiger partial charge in [0.05, 0.1) is 17.8 Å². The van der Waals surface area contributed by atoms with Gasteiger partial charge in [-0.2, -0.15) is 5.10 Å². The van der Waals surface area contributed by atoms with E-state index in [1.807, 2.05) is 17.8 Å². The predicted molar refractivity (Wildman–Crippen MR) is 89.0 cm³/mol. The molecule has 1 saturated carbocycles. The van der Waals surface area contributed by atoms with Crippen molar-refractivity contribution >= 4 is 22.2 Å². The Morgan fingerprint density at radius 1 is 1.27 bits per heavy atom. The Bertz CT molecular complexity index is 820. The van der Waals surface area contributed by atoms with E-state index in [2.05, 4.69) is 39.8 Å². The number of aromatic nitrogens is 3. The van der Waals surface area contributed by atoms with E-state index in [1.165, 1.54) is 35.9 Å². The topological polar surface area (TPSA) is 34.0 Å². The highest BCUT2D eigenvalue weighted by molar-refractivity contribution is 7.13. The van der Waals surface area contributed by atoms with Crippen molar-refractivity contribution in [2.24, 2.45) is 5.92 Å². The summed E-state index contributed by atoms with van der Waals surface area (Å²) in [6.07, 6.45) is 6.45. The van der Waals surface area contributed by atoms with E-state index in [-0.39, 0.29) is 0 Å². The van der Waals surface area contributed by atoms with E-state index < -0.39 is 0 Å². The van der Waals surface area contributed by atoms with Gasteiger partial charge in [0.2, 0.25) is 0 Å². The molecular formula is C17H18N4S. The Labute approximate surface area is 133 Å². The Morgan fingerprint density at radius 2 is 2.23 bits per heavy atom. The van der Waals surface area contributed by atoms with E-state index in [0.29, 0.717) is 6.04 Å². The molecule has 2 fully saturated rings. The quantitative estimate of drug-likeness (QED) is 0.727. The molecule has 0 amide bonds. The summed E-state index contributed by atoms with van der Waals surface area (Å²) in [6, 6.07) is 7.94. The van der Waals surface area contributed by atoms with Crippen molar-refractivity contribution in [3.63, 3.8) is 0 Å². The molecule has 5 heteroatoms. The molecule has 0 radical (unpaired) electrons. The van der Waals surface area contributed by atoms with Gasteiger partial charge in [-0.1, -0.05) is 0 Å². The van der Waals surface area contributed by atoms with Crippen LogP contribution in [0.1, 0.15) is 18.9 Å². The highest BCUT2D eigenvalue weighted by Crippen LogP contribution is 2.44. The first-order chi connectivity index (χ1) is 10.8. The van der Waals surface area contributed by atoms with Crippen molar-refractivity contribution in [1.29, 1.82) is 0 Å². The first-order valence-corrected chi connectivity index (χ1v) is 8.75. The van der Waals surface area contributed by atoms with Crippen molar-refractivity contribution in [2.45, 2.75) is 24.9 Å². The maximum atomic E-state index is 4.72. The minimum absolute atomic E-state index is 0.574. The molecule has 5 rings (SSSR count). The molecular weight excluding hydrogens is 292 g/mol. The number of benzene rings is 1. The number of likely N-dealkylation sites (tertiary alicyclic amines) is 1. The number of nitrogens with zero attached hydrogens (tertiary/aromatic N) is 4. The second kappa shape index (κ2) is 4.64. The third kappa shape index (κ3) is 1.79.